The summed E-state index contributed by atoms with van der Waals surface area (Å²) >= 11 is 0. The Morgan fingerprint density at radius 1 is 1.20 bits per heavy atom. The van der Waals surface area contributed by atoms with Crippen molar-refractivity contribution in [3.05, 3.63) is 23.3 Å². The molecule has 5 nitrogen and oxygen atoms in total. The number of ether oxygens (including phenoxy) is 2. The molecule has 2 aliphatic rings. The zero-order chi connectivity index (χ0) is 22.5. The molecule has 0 aromatic carbocycles. The van der Waals surface area contributed by atoms with Crippen molar-refractivity contribution in [3.63, 3.8) is 0 Å². The fourth-order valence-corrected chi connectivity index (χ4v) is 5.59. The number of aliphatic hydroxyl groups is 1. The minimum Gasteiger partial charge on any atom is -0.463 e. The Balaban J connectivity index is 2.14. The van der Waals surface area contributed by atoms with Gasteiger partial charge in [-0.25, -0.2) is 0 Å². The van der Waals surface area contributed by atoms with Gasteiger partial charge in [0.1, 0.15) is 19.3 Å². The molecule has 0 heterocycles. The minimum atomic E-state index is -0.998. The van der Waals surface area contributed by atoms with Crippen molar-refractivity contribution < 1.29 is 24.2 Å². The third kappa shape index (κ3) is 5.35. The Hall–Kier alpha value is -1.62. The number of allylic oxidation sites excluding steroid dienone is 4. The van der Waals surface area contributed by atoms with Gasteiger partial charge in [0.2, 0.25) is 0 Å². The second-order valence-electron chi connectivity index (χ2n) is 9.92. The molecule has 0 bridgehead atoms. The van der Waals surface area contributed by atoms with Gasteiger partial charge < -0.3 is 14.6 Å². The van der Waals surface area contributed by atoms with Gasteiger partial charge >= 0.3 is 11.9 Å². The van der Waals surface area contributed by atoms with Crippen LogP contribution in [0.5, 0.6) is 0 Å². The highest BCUT2D eigenvalue weighted by Crippen LogP contribution is 2.63. The molecule has 5 heteroatoms. The molecule has 0 aromatic rings. The lowest BCUT2D eigenvalue weighted by Gasteiger charge is -2.59. The lowest BCUT2D eigenvalue weighted by atomic mass is 9.45. The van der Waals surface area contributed by atoms with Gasteiger partial charge in [-0.05, 0) is 69.1 Å². The summed E-state index contributed by atoms with van der Waals surface area (Å²) in [5.74, 6) is -0.662. The van der Waals surface area contributed by atoms with Crippen LogP contribution in [0.15, 0.2) is 23.3 Å². The lowest BCUT2D eigenvalue weighted by molar-refractivity contribution is -0.171. The van der Waals surface area contributed by atoms with Crippen LogP contribution in [0, 0.1) is 22.7 Å². The number of rotatable bonds is 8. The van der Waals surface area contributed by atoms with E-state index in [-0.39, 0.29) is 41.8 Å². The van der Waals surface area contributed by atoms with Crippen molar-refractivity contribution in [3.8, 4) is 0 Å². The predicted octanol–water partition coefficient (Wildman–Crippen LogP) is 4.98. The molecule has 1 N–H and O–H groups in total. The zero-order valence-electron chi connectivity index (χ0n) is 19.6. The third-order valence-electron chi connectivity index (χ3n) is 7.50. The van der Waals surface area contributed by atoms with Crippen molar-refractivity contribution in [1.82, 2.24) is 0 Å². The maximum Gasteiger partial charge on any atom is 0.309 e. The highest BCUT2D eigenvalue weighted by atomic mass is 16.6. The van der Waals surface area contributed by atoms with Crippen LogP contribution in [-0.2, 0) is 19.1 Å². The maximum absolute atomic E-state index is 13.2. The van der Waals surface area contributed by atoms with Crippen LogP contribution in [-0.4, -0.2) is 36.4 Å². The summed E-state index contributed by atoms with van der Waals surface area (Å²) in [6.07, 6.45) is 9.80. The SMILES string of the molecule is CC(=O)OC[C@H](O)COC(=O)[C@H]1[C@H](C)CC[C@]2(C)C(CCC=C(C)C)=CCC[C@]12C. The molecule has 1 saturated carbocycles. The second kappa shape index (κ2) is 10.1. The van der Waals surface area contributed by atoms with Crippen LogP contribution in [0.25, 0.3) is 0 Å². The smallest absolute Gasteiger partial charge is 0.309 e. The standard InChI is InChI=1S/C25H40O5/c1-17(2)9-7-10-20-11-8-13-25(6)22(18(3)12-14-24(20,25)5)23(28)30-16-21(27)15-29-19(4)26/h9,11,18,21-22,27H,7-8,10,12-16H2,1-6H3/t18-,21+,22-,24-,25-/m1/s1. The normalized spacial score (nSPS) is 31.8. The van der Waals surface area contributed by atoms with Gasteiger partial charge in [0.25, 0.3) is 0 Å². The van der Waals surface area contributed by atoms with E-state index >= 15 is 0 Å². The van der Waals surface area contributed by atoms with E-state index < -0.39 is 12.1 Å². The molecule has 0 unspecified atom stereocenters. The van der Waals surface area contributed by atoms with Crippen molar-refractivity contribution in [2.24, 2.45) is 22.7 Å². The monoisotopic (exact) mass is 420 g/mol. The van der Waals surface area contributed by atoms with Gasteiger partial charge in [-0.3, -0.25) is 9.59 Å². The van der Waals surface area contributed by atoms with E-state index in [9.17, 15) is 14.7 Å². The van der Waals surface area contributed by atoms with E-state index in [2.05, 4.69) is 46.8 Å². The fourth-order valence-electron chi connectivity index (χ4n) is 5.59. The molecule has 0 aromatic heterocycles. The summed E-state index contributed by atoms with van der Waals surface area (Å²) in [6, 6.07) is 0. The molecule has 2 aliphatic carbocycles. The average Bonchev–Trinajstić information content (AvgIpc) is 2.66. The molecule has 30 heavy (non-hydrogen) atoms. The largest absolute Gasteiger partial charge is 0.463 e. The van der Waals surface area contributed by atoms with Crippen LogP contribution in [0.2, 0.25) is 0 Å². The third-order valence-corrected chi connectivity index (χ3v) is 7.50. The zero-order valence-corrected chi connectivity index (χ0v) is 19.6. The van der Waals surface area contributed by atoms with E-state index in [0.29, 0.717) is 0 Å². The van der Waals surface area contributed by atoms with Crippen LogP contribution in [0.4, 0.5) is 0 Å². The Labute approximate surface area is 181 Å². The van der Waals surface area contributed by atoms with Gasteiger partial charge in [-0.2, -0.15) is 0 Å². The fraction of sp³-hybridized carbons (Fsp3) is 0.760. The highest BCUT2D eigenvalue weighted by Gasteiger charge is 2.58. The first kappa shape index (κ1) is 24.6. The van der Waals surface area contributed by atoms with Crippen LogP contribution in [0.1, 0.15) is 80.1 Å². The Morgan fingerprint density at radius 2 is 1.87 bits per heavy atom. The highest BCUT2D eigenvalue weighted by molar-refractivity contribution is 5.74. The first-order valence-electron chi connectivity index (χ1n) is 11.3. The Morgan fingerprint density at radius 3 is 2.50 bits per heavy atom. The van der Waals surface area contributed by atoms with Gasteiger partial charge in [-0.1, -0.05) is 44.1 Å². The van der Waals surface area contributed by atoms with Gasteiger partial charge in [0, 0.05) is 6.92 Å². The van der Waals surface area contributed by atoms with Crippen molar-refractivity contribution in [1.29, 1.82) is 0 Å². The average molecular weight is 421 g/mol. The summed E-state index contributed by atoms with van der Waals surface area (Å²) in [5, 5.41) is 9.97. The molecule has 0 spiro atoms. The summed E-state index contributed by atoms with van der Waals surface area (Å²) < 4.78 is 10.3. The summed E-state index contributed by atoms with van der Waals surface area (Å²) in [7, 11) is 0. The molecule has 170 valence electrons. The minimum absolute atomic E-state index is 0.0205. The summed E-state index contributed by atoms with van der Waals surface area (Å²) in [6.45, 7) is 12.0. The quantitative estimate of drug-likeness (QED) is 0.443. The topological polar surface area (TPSA) is 72.8 Å². The number of hydrogen-bond donors (Lipinski definition) is 1. The summed E-state index contributed by atoms with van der Waals surface area (Å²) in [5.41, 5.74) is 2.63. The molecule has 0 saturated heterocycles. The van der Waals surface area contributed by atoms with Crippen LogP contribution in [0.3, 0.4) is 0 Å². The van der Waals surface area contributed by atoms with Gasteiger partial charge in [0.15, 0.2) is 0 Å². The van der Waals surface area contributed by atoms with Crippen LogP contribution < -0.4 is 0 Å². The van der Waals surface area contributed by atoms with E-state index in [1.165, 1.54) is 18.1 Å². The van der Waals surface area contributed by atoms with Crippen LogP contribution >= 0.6 is 0 Å². The molecule has 0 amide bonds. The lowest BCUT2D eigenvalue weighted by Crippen LogP contribution is -2.55. The molecular formula is C25H40O5. The maximum atomic E-state index is 13.2. The van der Waals surface area contributed by atoms with Crippen molar-refractivity contribution in [2.75, 3.05) is 13.2 Å². The number of aliphatic hydroxyl groups excluding tert-OH is 1. The predicted molar refractivity (Wildman–Crippen MR) is 118 cm³/mol. The first-order valence-corrected chi connectivity index (χ1v) is 11.3. The first-order chi connectivity index (χ1) is 14.0. The molecule has 1 fully saturated rings. The Kier molecular flexibility index (Phi) is 8.32. The van der Waals surface area contributed by atoms with E-state index in [4.69, 9.17) is 9.47 Å². The molecular weight excluding hydrogens is 380 g/mol. The van der Waals surface area contributed by atoms with Crippen molar-refractivity contribution in [2.45, 2.75) is 86.2 Å². The second-order valence-corrected chi connectivity index (χ2v) is 9.92. The van der Waals surface area contributed by atoms with Gasteiger partial charge in [0.05, 0.1) is 5.92 Å². The number of hydrogen-bond acceptors (Lipinski definition) is 5. The van der Waals surface area contributed by atoms with E-state index in [0.717, 1.165) is 38.5 Å². The van der Waals surface area contributed by atoms with E-state index in [1.54, 1.807) is 0 Å². The number of carbonyl (C=O) groups excluding carboxylic acids is 2. The molecule has 5 atom stereocenters. The number of carbonyl (C=O) groups is 2. The number of fused-ring (bicyclic) bond motifs is 1. The number of esters is 2. The Bertz CT molecular complexity index is 690. The summed E-state index contributed by atoms with van der Waals surface area (Å²) in [4.78, 5) is 24.1. The van der Waals surface area contributed by atoms with Gasteiger partial charge in [-0.15, -0.1) is 0 Å². The molecule has 0 aliphatic heterocycles. The molecule has 2 rings (SSSR count). The molecule has 0 radical (unpaired) electrons. The van der Waals surface area contributed by atoms with Crippen molar-refractivity contribution >= 4 is 11.9 Å². The van der Waals surface area contributed by atoms with E-state index in [1.807, 2.05) is 0 Å².